The smallest absolute Gasteiger partial charge is 0.00187 e. The van der Waals surface area contributed by atoms with Gasteiger partial charge in [0, 0.05) is 0 Å². The normalized spacial score (nSPS) is 11.2. The molecule has 0 unspecified atom stereocenters. The first-order valence-corrected chi connectivity index (χ1v) is 13.4. The summed E-state index contributed by atoms with van der Waals surface area (Å²) >= 11 is 0. The van der Waals surface area contributed by atoms with Crippen molar-refractivity contribution in [2.45, 2.75) is 136 Å². The molecule has 0 saturated heterocycles. The maximum atomic E-state index is 2.79. The minimum absolute atomic E-state index is 1.36. The highest BCUT2D eigenvalue weighted by molar-refractivity contribution is 4.60. The van der Waals surface area contributed by atoms with Crippen molar-refractivity contribution in [1.82, 2.24) is 9.80 Å². The van der Waals surface area contributed by atoms with Gasteiger partial charge in [0.15, 0.2) is 0 Å². The van der Waals surface area contributed by atoms with E-state index in [1.165, 1.54) is 135 Å². The van der Waals surface area contributed by atoms with E-state index in [4.69, 9.17) is 0 Å². The molecule has 2 heteroatoms. The van der Waals surface area contributed by atoms with E-state index >= 15 is 0 Å². The monoisotopic (exact) mass is 412 g/mol. The van der Waals surface area contributed by atoms with Gasteiger partial charge in [-0.3, -0.25) is 0 Å². The predicted molar refractivity (Wildman–Crippen MR) is 136 cm³/mol. The molecule has 0 aromatic heterocycles. The molecule has 0 heterocycles. The van der Waals surface area contributed by atoms with Crippen molar-refractivity contribution in [3.63, 3.8) is 0 Å². The molecule has 0 aromatic carbocycles. The van der Waals surface area contributed by atoms with Gasteiger partial charge in [0.05, 0.1) is 0 Å². The van der Waals surface area contributed by atoms with Crippen molar-refractivity contribution in [3.05, 3.63) is 0 Å². The van der Waals surface area contributed by atoms with Gasteiger partial charge in [0.1, 0.15) is 0 Å². The van der Waals surface area contributed by atoms with Crippen LogP contribution in [0.15, 0.2) is 0 Å². The topological polar surface area (TPSA) is 6.48 Å². The SMILES string of the molecule is CCCCCCCCN(CCCCCCCC)CCCCCCCC.CN(C)C. The molecule has 0 radical (unpaired) electrons. The second-order valence-electron chi connectivity index (χ2n) is 9.49. The van der Waals surface area contributed by atoms with Gasteiger partial charge in [0.2, 0.25) is 0 Å². The molecule has 0 rings (SSSR count). The van der Waals surface area contributed by atoms with E-state index in [2.05, 4.69) is 25.7 Å². The van der Waals surface area contributed by atoms with E-state index in [0.29, 0.717) is 0 Å². The van der Waals surface area contributed by atoms with E-state index in [1.54, 1.807) is 0 Å². The van der Waals surface area contributed by atoms with Gasteiger partial charge in [-0.15, -0.1) is 0 Å². The van der Waals surface area contributed by atoms with Crippen LogP contribution >= 0.6 is 0 Å². The summed E-state index contributed by atoms with van der Waals surface area (Å²) in [4.78, 5) is 4.79. The molecule has 0 spiro atoms. The summed E-state index contributed by atoms with van der Waals surface area (Å²) in [7, 11) is 6.00. The number of hydrogen-bond acceptors (Lipinski definition) is 2. The zero-order chi connectivity index (χ0) is 22.0. The third kappa shape index (κ3) is 32.8. The third-order valence-corrected chi connectivity index (χ3v) is 5.48. The second-order valence-corrected chi connectivity index (χ2v) is 9.49. The maximum absolute atomic E-state index is 2.79. The third-order valence-electron chi connectivity index (χ3n) is 5.48. The van der Waals surface area contributed by atoms with E-state index in [0.717, 1.165) is 0 Å². The largest absolute Gasteiger partial charge is 0.312 e. The van der Waals surface area contributed by atoms with E-state index in [9.17, 15) is 0 Å². The van der Waals surface area contributed by atoms with Gasteiger partial charge in [0.25, 0.3) is 0 Å². The first-order chi connectivity index (χ1) is 14.1. The molecule has 0 amide bonds. The van der Waals surface area contributed by atoms with Crippen molar-refractivity contribution in [2.75, 3.05) is 40.8 Å². The number of unbranched alkanes of at least 4 members (excludes halogenated alkanes) is 15. The van der Waals surface area contributed by atoms with Gasteiger partial charge in [-0.05, 0) is 60.0 Å². The second kappa shape index (κ2) is 27.9. The molecule has 0 fully saturated rings. The molecule has 2 nitrogen and oxygen atoms in total. The van der Waals surface area contributed by atoms with Gasteiger partial charge in [-0.1, -0.05) is 117 Å². The Labute approximate surface area is 187 Å². The van der Waals surface area contributed by atoms with Crippen molar-refractivity contribution in [2.24, 2.45) is 0 Å². The Morgan fingerprint density at radius 1 is 0.345 bits per heavy atom. The van der Waals surface area contributed by atoms with Crippen LogP contribution in [-0.4, -0.2) is 50.6 Å². The number of hydrogen-bond donors (Lipinski definition) is 0. The van der Waals surface area contributed by atoms with Crippen LogP contribution in [0, 0.1) is 0 Å². The molecule has 29 heavy (non-hydrogen) atoms. The summed E-state index contributed by atoms with van der Waals surface area (Å²) in [6.07, 6.45) is 25.7. The van der Waals surface area contributed by atoms with Gasteiger partial charge < -0.3 is 9.80 Å². The molecule has 0 N–H and O–H groups in total. The van der Waals surface area contributed by atoms with Crippen LogP contribution < -0.4 is 0 Å². The highest BCUT2D eigenvalue weighted by atomic mass is 15.1. The quantitative estimate of drug-likeness (QED) is 0.174. The molecule has 0 aliphatic rings. The lowest BCUT2D eigenvalue weighted by Gasteiger charge is -2.22. The van der Waals surface area contributed by atoms with E-state index in [-0.39, 0.29) is 0 Å². The highest BCUT2D eigenvalue weighted by Crippen LogP contribution is 2.11. The number of nitrogens with zero attached hydrogens (tertiary/aromatic N) is 2. The van der Waals surface area contributed by atoms with Crippen LogP contribution in [0.25, 0.3) is 0 Å². The summed E-state index contributed by atoms with van der Waals surface area (Å²) in [5.74, 6) is 0. The Balaban J connectivity index is 0. The first-order valence-electron chi connectivity index (χ1n) is 13.4. The fraction of sp³-hybridized carbons (Fsp3) is 1.00. The average Bonchev–Trinajstić information content (AvgIpc) is 2.68. The molecule has 0 aliphatic carbocycles. The Morgan fingerprint density at radius 2 is 0.552 bits per heavy atom. The molecular formula is C27H60N2. The molecule has 0 aromatic rings. The van der Waals surface area contributed by atoms with Crippen LogP contribution in [-0.2, 0) is 0 Å². The van der Waals surface area contributed by atoms with Crippen molar-refractivity contribution >= 4 is 0 Å². The van der Waals surface area contributed by atoms with Crippen LogP contribution in [0.4, 0.5) is 0 Å². The average molecular weight is 413 g/mol. The molecule has 0 saturated carbocycles. The molecule has 0 bridgehead atoms. The Bertz CT molecular complexity index is 224. The molecular weight excluding hydrogens is 352 g/mol. The van der Waals surface area contributed by atoms with Crippen molar-refractivity contribution < 1.29 is 0 Å². The van der Waals surface area contributed by atoms with Crippen LogP contribution in [0.3, 0.4) is 0 Å². The van der Waals surface area contributed by atoms with Crippen LogP contribution in [0.2, 0.25) is 0 Å². The Kier molecular flexibility index (Phi) is 29.9. The molecule has 178 valence electrons. The summed E-state index contributed by atoms with van der Waals surface area (Å²) < 4.78 is 0. The summed E-state index contributed by atoms with van der Waals surface area (Å²) in [5, 5.41) is 0. The zero-order valence-corrected chi connectivity index (χ0v) is 21.7. The minimum atomic E-state index is 1.36. The van der Waals surface area contributed by atoms with E-state index in [1.807, 2.05) is 26.0 Å². The Hall–Kier alpha value is -0.0800. The lowest BCUT2D eigenvalue weighted by molar-refractivity contribution is 0.254. The fourth-order valence-electron chi connectivity index (χ4n) is 3.68. The molecule has 0 aliphatic heterocycles. The summed E-state index contributed by atoms with van der Waals surface area (Å²) in [6.45, 7) is 11.0. The lowest BCUT2D eigenvalue weighted by Crippen LogP contribution is -2.27. The highest BCUT2D eigenvalue weighted by Gasteiger charge is 2.05. The van der Waals surface area contributed by atoms with Crippen LogP contribution in [0.1, 0.15) is 136 Å². The predicted octanol–water partition coefficient (Wildman–Crippen LogP) is 8.55. The fourth-order valence-corrected chi connectivity index (χ4v) is 3.68. The van der Waals surface area contributed by atoms with Gasteiger partial charge in [-0.25, -0.2) is 0 Å². The maximum Gasteiger partial charge on any atom is -0.00187 e. The summed E-state index contributed by atoms with van der Waals surface area (Å²) in [6, 6.07) is 0. The molecule has 0 atom stereocenters. The zero-order valence-electron chi connectivity index (χ0n) is 21.7. The van der Waals surface area contributed by atoms with Gasteiger partial charge >= 0.3 is 0 Å². The first kappa shape index (κ1) is 31.1. The minimum Gasteiger partial charge on any atom is -0.312 e. The van der Waals surface area contributed by atoms with Crippen molar-refractivity contribution in [1.29, 1.82) is 0 Å². The lowest BCUT2D eigenvalue weighted by atomic mass is 10.1. The van der Waals surface area contributed by atoms with Gasteiger partial charge in [-0.2, -0.15) is 0 Å². The van der Waals surface area contributed by atoms with E-state index < -0.39 is 0 Å². The standard InChI is InChI=1S/C24H51N.C3H9N/c1-4-7-10-13-16-19-22-25(23-20-17-14-11-8-5-2)24-21-18-15-12-9-6-3;1-4(2)3/h4-24H2,1-3H3;1-3H3. The van der Waals surface area contributed by atoms with Crippen molar-refractivity contribution in [3.8, 4) is 0 Å². The number of rotatable bonds is 21. The van der Waals surface area contributed by atoms with Crippen LogP contribution in [0.5, 0.6) is 0 Å². The Morgan fingerprint density at radius 3 is 0.793 bits per heavy atom. The summed E-state index contributed by atoms with van der Waals surface area (Å²) in [5.41, 5.74) is 0.